The highest BCUT2D eigenvalue weighted by molar-refractivity contribution is 7.20. The quantitative estimate of drug-likeness (QED) is 0.0557. The van der Waals surface area contributed by atoms with Crippen molar-refractivity contribution in [2.75, 3.05) is 13.1 Å². The summed E-state index contributed by atoms with van der Waals surface area (Å²) in [4.78, 5) is 54.8. The second-order valence-corrected chi connectivity index (χ2v) is 8.78. The summed E-state index contributed by atoms with van der Waals surface area (Å²) in [6.45, 7) is 1.88. The monoisotopic (exact) mass is 510 g/mol. The van der Waals surface area contributed by atoms with Crippen LogP contribution in [0.25, 0.3) is 10.2 Å². The van der Waals surface area contributed by atoms with Crippen molar-refractivity contribution in [1.82, 2.24) is 15.2 Å². The van der Waals surface area contributed by atoms with Gasteiger partial charge in [0.05, 0.1) is 28.9 Å². The topological polar surface area (TPSA) is 229 Å². The molecule has 2 heterocycles. The number of aliphatic hydroxyl groups excluding tert-OH is 1. The van der Waals surface area contributed by atoms with Crippen molar-refractivity contribution in [2.24, 2.45) is 11.5 Å². The molecule has 0 bridgehead atoms. The third-order valence-corrected chi connectivity index (χ3v) is 6.17. The Bertz CT molecular complexity index is 1070. The molecular formula is C20H28N7O7S+. The number of guanidine groups is 1. The van der Waals surface area contributed by atoms with Crippen LogP contribution in [0.15, 0.2) is 24.3 Å². The molecule has 15 heteroatoms. The van der Waals surface area contributed by atoms with Crippen LogP contribution in [-0.4, -0.2) is 80.1 Å². The molecule has 35 heavy (non-hydrogen) atoms. The normalized spacial score (nSPS) is 17.7. The van der Waals surface area contributed by atoms with Gasteiger partial charge in [-0.3, -0.25) is 30.8 Å². The van der Waals surface area contributed by atoms with Crippen molar-refractivity contribution in [3.05, 3.63) is 39.4 Å². The summed E-state index contributed by atoms with van der Waals surface area (Å²) in [5.74, 6) is -0.990. The maximum absolute atomic E-state index is 13.2. The van der Waals surface area contributed by atoms with Gasteiger partial charge < -0.3 is 20.5 Å². The molecule has 0 unspecified atom stereocenters. The average molecular weight is 511 g/mol. The fourth-order valence-corrected chi connectivity index (χ4v) is 4.57. The maximum Gasteiger partial charge on any atom is 0.338 e. The van der Waals surface area contributed by atoms with Crippen LogP contribution in [0.3, 0.4) is 0 Å². The smallest absolute Gasteiger partial charge is 0.338 e. The molecule has 0 saturated carbocycles. The van der Waals surface area contributed by atoms with Crippen LogP contribution in [-0.2, 0) is 9.59 Å². The molecule has 1 aromatic carbocycles. The van der Waals surface area contributed by atoms with E-state index in [-0.39, 0.29) is 30.6 Å². The average Bonchev–Trinajstić information content (AvgIpc) is 3.38. The number of hydrogen-bond acceptors (Lipinski definition) is 8. The number of fused-ring (bicyclic) bond motifs is 1. The number of ketones is 1. The van der Waals surface area contributed by atoms with Crippen molar-refractivity contribution in [3.8, 4) is 0 Å². The number of para-hydroxylation sites is 1. The highest BCUT2D eigenvalue weighted by atomic mass is 32.1. The molecule has 2 aromatic rings. The Balaban J connectivity index is 0.00000100. The summed E-state index contributed by atoms with van der Waals surface area (Å²) in [5, 5.41) is 26.6. The lowest BCUT2D eigenvalue weighted by Crippen LogP contribution is -2.78. The molecule has 0 radical (unpaired) electrons. The highest BCUT2D eigenvalue weighted by Crippen LogP contribution is 2.24. The number of aliphatic hydroxyl groups is 1. The van der Waals surface area contributed by atoms with E-state index in [1.165, 1.54) is 23.2 Å². The standard InChI is InChI=1S/C20H26N6O4S.HNO3/c1-11(27)26-10-12(28)9-15(26)18(30)24-14(6-4-8-23-20(21)22)17(29)19-25-13-5-2-3-7-16(13)31-19;2-1(3)4/h2-3,5,7,12,14-15,28H,4,6,8-10H2,1H3,(H,24,30)(H4,21,22,23);(H,2,3,4)/p+1/t12-,14-,15+;/m1./s1. The summed E-state index contributed by atoms with van der Waals surface area (Å²) >= 11 is 1.27. The van der Waals surface area contributed by atoms with E-state index in [4.69, 9.17) is 26.8 Å². The first-order chi connectivity index (χ1) is 16.5. The largest absolute Gasteiger partial charge is 0.391 e. The molecule has 1 aromatic heterocycles. The third kappa shape index (κ3) is 8.15. The molecule has 14 nitrogen and oxygen atoms in total. The van der Waals surface area contributed by atoms with E-state index >= 15 is 0 Å². The van der Waals surface area contributed by atoms with Crippen LogP contribution in [0.2, 0.25) is 0 Å². The van der Waals surface area contributed by atoms with Gasteiger partial charge in [-0.2, -0.15) is 0 Å². The van der Waals surface area contributed by atoms with Crippen LogP contribution in [0, 0.1) is 10.1 Å². The summed E-state index contributed by atoms with van der Waals surface area (Å²) in [5.41, 5.74) is 11.5. The van der Waals surface area contributed by atoms with Crippen molar-refractivity contribution in [1.29, 1.82) is 0 Å². The lowest BCUT2D eigenvalue weighted by Gasteiger charge is -2.24. The Morgan fingerprint density at radius 1 is 1.37 bits per heavy atom. The van der Waals surface area contributed by atoms with Crippen molar-refractivity contribution in [3.63, 3.8) is 0 Å². The number of carbonyl (C=O) groups excluding carboxylic acids is 3. The molecule has 0 aliphatic carbocycles. The van der Waals surface area contributed by atoms with Gasteiger partial charge >= 0.3 is 5.96 Å². The van der Waals surface area contributed by atoms with Crippen molar-refractivity contribution < 1.29 is 34.8 Å². The molecule has 3 rings (SSSR count). The van der Waals surface area contributed by atoms with Crippen LogP contribution in [0.4, 0.5) is 0 Å². The Labute approximate surface area is 203 Å². The molecule has 1 aliphatic heterocycles. The van der Waals surface area contributed by atoms with E-state index in [2.05, 4.69) is 15.3 Å². The molecule has 1 saturated heterocycles. The van der Waals surface area contributed by atoms with E-state index in [1.807, 2.05) is 24.3 Å². The maximum atomic E-state index is 13.2. The lowest BCUT2D eigenvalue weighted by molar-refractivity contribution is -0.742. The first kappa shape index (κ1) is 27.4. The number of β-amino-alcohol motifs (C(OH)–C–C–N with tert-alkyl or cyclic N) is 1. The predicted octanol–water partition coefficient (Wildman–Crippen LogP) is -2.27. The minimum Gasteiger partial charge on any atom is -0.391 e. The third-order valence-electron chi connectivity index (χ3n) is 5.12. The van der Waals surface area contributed by atoms with Crippen molar-refractivity contribution >= 4 is 45.1 Å². The zero-order valence-corrected chi connectivity index (χ0v) is 19.7. The first-order valence-corrected chi connectivity index (χ1v) is 11.4. The fraction of sp³-hybridized carbons (Fsp3) is 0.450. The Morgan fingerprint density at radius 2 is 2.03 bits per heavy atom. The minimum absolute atomic E-state index is 0.0788. The zero-order valence-electron chi connectivity index (χ0n) is 18.9. The van der Waals surface area contributed by atoms with Crippen LogP contribution in [0.1, 0.15) is 36.0 Å². The number of thiazole rings is 1. The molecule has 8 N–H and O–H groups in total. The number of carbonyl (C=O) groups is 3. The van der Waals surface area contributed by atoms with Gasteiger partial charge in [-0.1, -0.05) is 12.1 Å². The van der Waals surface area contributed by atoms with E-state index in [0.29, 0.717) is 24.4 Å². The number of nitrogens with zero attached hydrogens (tertiary/aromatic N) is 3. The molecule has 2 amide bonds. The van der Waals surface area contributed by atoms with Gasteiger partial charge in [0.15, 0.2) is 5.01 Å². The fourth-order valence-electron chi connectivity index (χ4n) is 3.61. The summed E-state index contributed by atoms with van der Waals surface area (Å²) < 4.78 is 0.879. The number of likely N-dealkylation sites (tertiary alicyclic amines) is 1. The number of nitrogens with two attached hydrogens (primary N) is 2. The van der Waals surface area contributed by atoms with Gasteiger partial charge in [-0.05, 0) is 25.0 Å². The molecule has 3 atom stereocenters. The molecule has 190 valence electrons. The van der Waals surface area contributed by atoms with Gasteiger partial charge in [-0.25, -0.2) is 4.98 Å². The minimum atomic E-state index is -1.50. The van der Waals surface area contributed by atoms with Crippen LogP contribution >= 0.6 is 11.3 Å². The second kappa shape index (κ2) is 12.6. The number of Topliss-reactive ketones (excluding diaryl/α,β-unsaturated/α-hetero) is 1. The lowest BCUT2D eigenvalue weighted by atomic mass is 10.1. The Hall–Kier alpha value is -3.85. The molecule has 1 aliphatic rings. The van der Waals surface area contributed by atoms with Crippen molar-refractivity contribution in [2.45, 2.75) is 44.4 Å². The van der Waals surface area contributed by atoms with E-state index in [9.17, 15) is 19.5 Å². The van der Waals surface area contributed by atoms with Gasteiger partial charge in [0.25, 0.3) is 5.09 Å². The van der Waals surface area contributed by atoms with Gasteiger partial charge in [-0.15, -0.1) is 21.5 Å². The summed E-state index contributed by atoms with van der Waals surface area (Å²) in [6, 6.07) is 5.77. The van der Waals surface area contributed by atoms with Crippen LogP contribution < -0.4 is 21.8 Å². The highest BCUT2D eigenvalue weighted by Gasteiger charge is 2.39. The first-order valence-electron chi connectivity index (χ1n) is 10.6. The summed E-state index contributed by atoms with van der Waals surface area (Å²) in [7, 11) is 0. The summed E-state index contributed by atoms with van der Waals surface area (Å²) in [6.07, 6.45) is 0.206. The van der Waals surface area contributed by atoms with E-state index in [0.717, 1.165) is 10.2 Å². The van der Waals surface area contributed by atoms with Crippen LogP contribution in [0.5, 0.6) is 0 Å². The second-order valence-electron chi connectivity index (χ2n) is 7.75. The predicted molar refractivity (Wildman–Crippen MR) is 125 cm³/mol. The number of amides is 2. The number of aromatic nitrogens is 1. The molecule has 0 spiro atoms. The van der Waals surface area contributed by atoms with Gasteiger partial charge in [0.2, 0.25) is 17.6 Å². The van der Waals surface area contributed by atoms with E-state index in [1.54, 1.807) is 0 Å². The SMILES string of the molecule is CC(=O)N1C[C@H](O)C[C@H]1C(=O)N[C@H](CCC[NH+]=C(N)N)C(=O)c1nc2ccccc2s1.O=[N+]([O-])O. The Kier molecular flexibility index (Phi) is 9.84. The number of hydrogen-bond donors (Lipinski definition) is 6. The number of nitrogens with one attached hydrogen (secondary N) is 2. The number of benzene rings is 1. The molecular weight excluding hydrogens is 482 g/mol. The molecule has 1 fully saturated rings. The van der Waals surface area contributed by atoms with Gasteiger partial charge in [0.1, 0.15) is 6.04 Å². The Morgan fingerprint density at radius 3 is 2.63 bits per heavy atom. The van der Waals surface area contributed by atoms with Gasteiger partial charge in [0, 0.05) is 19.9 Å². The van der Waals surface area contributed by atoms with E-state index < -0.39 is 29.2 Å². The zero-order chi connectivity index (χ0) is 26.1. The number of rotatable bonds is 8.